The lowest BCUT2D eigenvalue weighted by Gasteiger charge is -2.25. The first-order chi connectivity index (χ1) is 6.16. The van der Waals surface area contributed by atoms with Crippen molar-refractivity contribution in [1.82, 2.24) is 0 Å². The Morgan fingerprint density at radius 1 is 1.15 bits per heavy atom. The predicted octanol–water partition coefficient (Wildman–Crippen LogP) is 4.39. The maximum atomic E-state index is 2.37. The Kier molecular flexibility index (Phi) is 3.55. The molecule has 0 aliphatic rings. The van der Waals surface area contributed by atoms with Crippen LogP contribution in [0.4, 0.5) is 0 Å². The first-order valence-corrected chi connectivity index (χ1v) is 6.07. The zero-order chi connectivity index (χ0) is 9.90. The highest BCUT2D eigenvalue weighted by Crippen LogP contribution is 2.35. The van der Waals surface area contributed by atoms with E-state index >= 15 is 0 Å². The highest BCUT2D eigenvalue weighted by molar-refractivity contribution is 7.12. The molecule has 13 heavy (non-hydrogen) atoms. The van der Waals surface area contributed by atoms with Crippen LogP contribution in [0.1, 0.15) is 50.3 Å². The minimum Gasteiger partial charge on any atom is -0.145 e. The van der Waals surface area contributed by atoms with Crippen molar-refractivity contribution in [2.75, 3.05) is 0 Å². The van der Waals surface area contributed by atoms with Crippen molar-refractivity contribution in [3.05, 3.63) is 21.9 Å². The van der Waals surface area contributed by atoms with Crippen LogP contribution in [0.2, 0.25) is 0 Å². The van der Waals surface area contributed by atoms with Gasteiger partial charge < -0.3 is 0 Å². The third-order valence-electron chi connectivity index (χ3n) is 3.17. The molecule has 1 heterocycles. The molecule has 0 aromatic carbocycles. The summed E-state index contributed by atoms with van der Waals surface area (Å²) in [7, 11) is 0. The van der Waals surface area contributed by atoms with Crippen LogP contribution >= 0.6 is 11.3 Å². The molecule has 0 radical (unpaired) electrons. The van der Waals surface area contributed by atoms with Gasteiger partial charge in [0.1, 0.15) is 0 Å². The van der Waals surface area contributed by atoms with Gasteiger partial charge in [-0.15, -0.1) is 11.3 Å². The van der Waals surface area contributed by atoms with Crippen molar-refractivity contribution in [2.45, 2.75) is 52.4 Å². The van der Waals surface area contributed by atoms with Crippen LogP contribution in [0.5, 0.6) is 0 Å². The molecule has 0 amide bonds. The maximum absolute atomic E-state index is 2.37. The van der Waals surface area contributed by atoms with E-state index in [2.05, 4.69) is 39.8 Å². The van der Waals surface area contributed by atoms with Gasteiger partial charge in [-0.3, -0.25) is 0 Å². The standard InChI is InChI=1S/C12H20S/c1-5-10-8-9-11(13-10)12(4,6-2)7-3/h8-9H,5-7H2,1-4H3. The van der Waals surface area contributed by atoms with Gasteiger partial charge in [-0.25, -0.2) is 0 Å². The monoisotopic (exact) mass is 196 g/mol. The number of rotatable bonds is 4. The Labute approximate surface area is 86.0 Å². The van der Waals surface area contributed by atoms with Gasteiger partial charge in [0, 0.05) is 15.2 Å². The summed E-state index contributed by atoms with van der Waals surface area (Å²) < 4.78 is 0. The van der Waals surface area contributed by atoms with Crippen LogP contribution in [0.15, 0.2) is 12.1 Å². The van der Waals surface area contributed by atoms with Crippen molar-refractivity contribution in [3.8, 4) is 0 Å². The summed E-state index contributed by atoms with van der Waals surface area (Å²) >= 11 is 1.99. The molecule has 0 bridgehead atoms. The van der Waals surface area contributed by atoms with E-state index in [9.17, 15) is 0 Å². The van der Waals surface area contributed by atoms with Crippen LogP contribution in [-0.2, 0) is 11.8 Å². The van der Waals surface area contributed by atoms with Crippen LogP contribution in [0, 0.1) is 0 Å². The van der Waals surface area contributed by atoms with Gasteiger partial charge >= 0.3 is 0 Å². The number of thiophene rings is 1. The van der Waals surface area contributed by atoms with Gasteiger partial charge in [0.15, 0.2) is 0 Å². The first kappa shape index (κ1) is 10.8. The minimum absolute atomic E-state index is 0.415. The number of aryl methyl sites for hydroxylation is 1. The van der Waals surface area contributed by atoms with Gasteiger partial charge in [-0.2, -0.15) is 0 Å². The molecule has 0 aliphatic carbocycles. The minimum atomic E-state index is 0.415. The van der Waals surface area contributed by atoms with Crippen LogP contribution in [0.25, 0.3) is 0 Å². The molecule has 0 spiro atoms. The van der Waals surface area contributed by atoms with Crippen molar-refractivity contribution >= 4 is 11.3 Å². The van der Waals surface area contributed by atoms with Crippen LogP contribution in [0.3, 0.4) is 0 Å². The van der Waals surface area contributed by atoms with E-state index in [4.69, 9.17) is 0 Å². The quantitative estimate of drug-likeness (QED) is 0.670. The molecule has 0 aliphatic heterocycles. The molecule has 0 nitrogen and oxygen atoms in total. The largest absolute Gasteiger partial charge is 0.145 e. The molecule has 0 saturated carbocycles. The lowest BCUT2D eigenvalue weighted by Crippen LogP contribution is -2.17. The Bertz CT molecular complexity index is 256. The predicted molar refractivity (Wildman–Crippen MR) is 61.6 cm³/mol. The third kappa shape index (κ3) is 2.14. The van der Waals surface area contributed by atoms with E-state index in [1.54, 1.807) is 4.88 Å². The van der Waals surface area contributed by atoms with Crippen molar-refractivity contribution < 1.29 is 0 Å². The molecule has 0 fully saturated rings. The SMILES string of the molecule is CCc1ccc(C(C)(CC)CC)s1. The fraction of sp³-hybridized carbons (Fsp3) is 0.667. The maximum Gasteiger partial charge on any atom is 0.0107 e. The molecule has 1 aromatic heterocycles. The van der Waals surface area contributed by atoms with Crippen LogP contribution < -0.4 is 0 Å². The summed E-state index contributed by atoms with van der Waals surface area (Å²) in [6, 6.07) is 4.60. The normalized spacial score (nSPS) is 12.0. The molecule has 0 N–H and O–H groups in total. The van der Waals surface area contributed by atoms with E-state index in [1.807, 2.05) is 11.3 Å². The Balaban J connectivity index is 2.91. The Morgan fingerprint density at radius 2 is 1.77 bits per heavy atom. The summed E-state index contributed by atoms with van der Waals surface area (Å²) in [5.41, 5.74) is 0.415. The lowest BCUT2D eigenvalue weighted by molar-refractivity contribution is 0.448. The van der Waals surface area contributed by atoms with Gasteiger partial charge in [0.2, 0.25) is 0 Å². The van der Waals surface area contributed by atoms with Gasteiger partial charge in [-0.05, 0) is 31.4 Å². The number of hydrogen-bond acceptors (Lipinski definition) is 1. The molecule has 0 saturated heterocycles. The van der Waals surface area contributed by atoms with E-state index in [1.165, 1.54) is 24.1 Å². The second kappa shape index (κ2) is 4.28. The first-order valence-electron chi connectivity index (χ1n) is 5.25. The summed E-state index contributed by atoms with van der Waals surface area (Å²) in [6.45, 7) is 9.17. The average Bonchev–Trinajstić information content (AvgIpc) is 2.65. The molecule has 1 aromatic rings. The zero-order valence-electron chi connectivity index (χ0n) is 9.18. The molecule has 74 valence electrons. The van der Waals surface area contributed by atoms with Crippen LogP contribution in [-0.4, -0.2) is 0 Å². The fourth-order valence-electron chi connectivity index (χ4n) is 1.49. The highest BCUT2D eigenvalue weighted by atomic mass is 32.1. The molecule has 0 unspecified atom stereocenters. The number of hydrogen-bond donors (Lipinski definition) is 0. The smallest absolute Gasteiger partial charge is 0.0107 e. The van der Waals surface area contributed by atoms with Crippen molar-refractivity contribution in [1.29, 1.82) is 0 Å². The van der Waals surface area contributed by atoms with Gasteiger partial charge in [0.25, 0.3) is 0 Å². The zero-order valence-corrected chi connectivity index (χ0v) is 10.0. The highest BCUT2D eigenvalue weighted by Gasteiger charge is 2.23. The second-order valence-electron chi connectivity index (χ2n) is 3.89. The molecular weight excluding hydrogens is 176 g/mol. The summed E-state index contributed by atoms with van der Waals surface area (Å²) in [5.74, 6) is 0. The molecule has 1 rings (SSSR count). The summed E-state index contributed by atoms with van der Waals surface area (Å²) in [4.78, 5) is 3.08. The topological polar surface area (TPSA) is 0 Å². The fourth-order valence-corrected chi connectivity index (χ4v) is 2.72. The third-order valence-corrected chi connectivity index (χ3v) is 4.70. The van der Waals surface area contributed by atoms with E-state index < -0.39 is 0 Å². The van der Waals surface area contributed by atoms with Gasteiger partial charge in [-0.1, -0.05) is 27.7 Å². The molecule has 0 atom stereocenters. The lowest BCUT2D eigenvalue weighted by atomic mass is 9.83. The summed E-state index contributed by atoms with van der Waals surface area (Å²) in [5, 5.41) is 0. The Hall–Kier alpha value is -0.300. The second-order valence-corrected chi connectivity index (χ2v) is 5.06. The Morgan fingerprint density at radius 3 is 2.15 bits per heavy atom. The van der Waals surface area contributed by atoms with Crippen molar-refractivity contribution in [2.24, 2.45) is 0 Å². The van der Waals surface area contributed by atoms with E-state index in [0.717, 1.165) is 0 Å². The average molecular weight is 196 g/mol. The van der Waals surface area contributed by atoms with E-state index in [0.29, 0.717) is 5.41 Å². The molecule has 1 heteroatoms. The van der Waals surface area contributed by atoms with E-state index in [-0.39, 0.29) is 0 Å². The van der Waals surface area contributed by atoms with Crippen molar-refractivity contribution in [3.63, 3.8) is 0 Å². The summed E-state index contributed by atoms with van der Waals surface area (Å²) in [6.07, 6.45) is 3.66. The van der Waals surface area contributed by atoms with Gasteiger partial charge in [0.05, 0.1) is 0 Å². The molecular formula is C12H20S.